The summed E-state index contributed by atoms with van der Waals surface area (Å²) in [6.07, 6.45) is 2.01. The lowest BCUT2D eigenvalue weighted by Gasteiger charge is -2.09. The molecule has 2 aromatic carbocycles. The average molecular weight is 303 g/mol. The van der Waals surface area contributed by atoms with Crippen LogP contribution in [0.15, 0.2) is 53.4 Å². The van der Waals surface area contributed by atoms with E-state index < -0.39 is 15.7 Å². The third-order valence-corrected chi connectivity index (χ3v) is 4.31. The van der Waals surface area contributed by atoms with E-state index in [1.807, 2.05) is 12.1 Å². The number of carbonyl (C=O) groups is 1. The van der Waals surface area contributed by atoms with Crippen molar-refractivity contribution in [2.75, 3.05) is 11.6 Å². The maximum absolute atomic E-state index is 12.3. The SMILES string of the molecule is CCc1ccc(NC(=O)c2ccccc2S(C)(=O)=O)cc1. The molecule has 21 heavy (non-hydrogen) atoms. The Hall–Kier alpha value is -2.14. The van der Waals surface area contributed by atoms with Crippen LogP contribution in [0.5, 0.6) is 0 Å². The Labute approximate surface area is 124 Å². The van der Waals surface area contributed by atoms with E-state index in [4.69, 9.17) is 0 Å². The number of amides is 1. The van der Waals surface area contributed by atoms with E-state index in [0.717, 1.165) is 12.7 Å². The van der Waals surface area contributed by atoms with Gasteiger partial charge >= 0.3 is 0 Å². The van der Waals surface area contributed by atoms with E-state index in [0.29, 0.717) is 5.69 Å². The van der Waals surface area contributed by atoms with Crippen molar-refractivity contribution in [2.24, 2.45) is 0 Å². The lowest BCUT2D eigenvalue weighted by Crippen LogP contribution is -2.16. The van der Waals surface area contributed by atoms with E-state index >= 15 is 0 Å². The Morgan fingerprint density at radius 2 is 1.67 bits per heavy atom. The lowest BCUT2D eigenvalue weighted by atomic mass is 10.1. The van der Waals surface area contributed by atoms with Crippen molar-refractivity contribution >= 4 is 21.4 Å². The number of nitrogens with one attached hydrogen (secondary N) is 1. The molecule has 0 unspecified atom stereocenters. The molecule has 0 heterocycles. The van der Waals surface area contributed by atoms with Crippen LogP contribution in [0.3, 0.4) is 0 Å². The molecule has 0 aliphatic carbocycles. The maximum Gasteiger partial charge on any atom is 0.256 e. The van der Waals surface area contributed by atoms with Crippen LogP contribution in [0.4, 0.5) is 5.69 Å². The summed E-state index contributed by atoms with van der Waals surface area (Å²) in [7, 11) is -3.44. The molecule has 0 spiro atoms. The molecule has 0 aliphatic heterocycles. The molecule has 4 nitrogen and oxygen atoms in total. The predicted octanol–water partition coefficient (Wildman–Crippen LogP) is 2.90. The van der Waals surface area contributed by atoms with Crippen molar-refractivity contribution in [3.8, 4) is 0 Å². The molecule has 0 aliphatic rings. The summed E-state index contributed by atoms with van der Waals surface area (Å²) in [4.78, 5) is 12.3. The van der Waals surface area contributed by atoms with Crippen LogP contribution < -0.4 is 5.32 Å². The minimum Gasteiger partial charge on any atom is -0.322 e. The molecule has 0 aromatic heterocycles. The highest BCUT2D eigenvalue weighted by Crippen LogP contribution is 2.18. The minimum atomic E-state index is -3.44. The van der Waals surface area contributed by atoms with Crippen molar-refractivity contribution in [1.29, 1.82) is 0 Å². The molecule has 1 N–H and O–H groups in total. The molecule has 0 bridgehead atoms. The normalized spacial score (nSPS) is 11.1. The van der Waals surface area contributed by atoms with Gasteiger partial charge in [0.25, 0.3) is 5.91 Å². The number of hydrogen-bond donors (Lipinski definition) is 1. The predicted molar refractivity (Wildman–Crippen MR) is 83.3 cm³/mol. The Balaban J connectivity index is 2.28. The van der Waals surface area contributed by atoms with Crippen molar-refractivity contribution in [3.05, 3.63) is 59.7 Å². The monoisotopic (exact) mass is 303 g/mol. The first kappa shape index (κ1) is 15.3. The van der Waals surface area contributed by atoms with Gasteiger partial charge in [-0.25, -0.2) is 8.42 Å². The van der Waals surface area contributed by atoms with Crippen LogP contribution >= 0.6 is 0 Å². The Morgan fingerprint density at radius 3 is 2.24 bits per heavy atom. The third kappa shape index (κ3) is 3.70. The van der Waals surface area contributed by atoms with Gasteiger partial charge in [0.05, 0.1) is 10.5 Å². The molecule has 110 valence electrons. The molecule has 0 fully saturated rings. The van der Waals surface area contributed by atoms with Gasteiger partial charge in [0.1, 0.15) is 0 Å². The average Bonchev–Trinajstić information content (AvgIpc) is 2.47. The smallest absolute Gasteiger partial charge is 0.256 e. The fourth-order valence-corrected chi connectivity index (χ4v) is 2.89. The topological polar surface area (TPSA) is 63.2 Å². The lowest BCUT2D eigenvalue weighted by molar-refractivity contribution is 0.102. The first-order valence-electron chi connectivity index (χ1n) is 6.61. The zero-order valence-electron chi connectivity index (χ0n) is 12.0. The van der Waals surface area contributed by atoms with Gasteiger partial charge in [-0.15, -0.1) is 0 Å². The van der Waals surface area contributed by atoms with Crippen molar-refractivity contribution in [1.82, 2.24) is 0 Å². The fraction of sp³-hybridized carbons (Fsp3) is 0.188. The summed E-state index contributed by atoms with van der Waals surface area (Å²) in [6.45, 7) is 2.05. The zero-order valence-corrected chi connectivity index (χ0v) is 12.8. The summed E-state index contributed by atoms with van der Waals surface area (Å²) in [5, 5.41) is 2.72. The van der Waals surface area contributed by atoms with Crippen molar-refractivity contribution < 1.29 is 13.2 Å². The largest absolute Gasteiger partial charge is 0.322 e. The van der Waals surface area contributed by atoms with Crippen LogP contribution in [0.1, 0.15) is 22.8 Å². The van der Waals surface area contributed by atoms with E-state index in [1.54, 1.807) is 24.3 Å². The Kier molecular flexibility index (Phi) is 4.43. The molecule has 0 saturated carbocycles. The van der Waals surface area contributed by atoms with Gasteiger partial charge in [0.15, 0.2) is 9.84 Å². The number of hydrogen-bond acceptors (Lipinski definition) is 3. The fourth-order valence-electron chi connectivity index (χ4n) is 2.00. The van der Waals surface area contributed by atoms with E-state index in [2.05, 4.69) is 12.2 Å². The van der Waals surface area contributed by atoms with Gasteiger partial charge in [0.2, 0.25) is 0 Å². The summed E-state index contributed by atoms with van der Waals surface area (Å²) < 4.78 is 23.4. The molecule has 2 aromatic rings. The van der Waals surface area contributed by atoms with Gasteiger partial charge in [-0.2, -0.15) is 0 Å². The number of aryl methyl sites for hydroxylation is 1. The molecular formula is C16H17NO3S. The maximum atomic E-state index is 12.3. The van der Waals surface area contributed by atoms with E-state index in [9.17, 15) is 13.2 Å². The molecule has 1 amide bonds. The summed E-state index contributed by atoms with van der Waals surface area (Å²) >= 11 is 0. The standard InChI is InChI=1S/C16H17NO3S/c1-3-12-8-10-13(11-9-12)17-16(18)14-6-4-5-7-15(14)21(2,19)20/h4-11H,3H2,1-2H3,(H,17,18). The summed E-state index contributed by atoms with van der Waals surface area (Å²) in [5.41, 5.74) is 1.96. The van der Waals surface area contributed by atoms with Gasteiger partial charge < -0.3 is 5.32 Å². The Morgan fingerprint density at radius 1 is 1.05 bits per heavy atom. The number of sulfone groups is 1. The molecule has 5 heteroatoms. The first-order chi connectivity index (χ1) is 9.91. The van der Waals surface area contributed by atoms with Crippen molar-refractivity contribution in [3.63, 3.8) is 0 Å². The van der Waals surface area contributed by atoms with Gasteiger partial charge in [0, 0.05) is 11.9 Å². The number of rotatable bonds is 4. The molecule has 0 radical (unpaired) electrons. The van der Waals surface area contributed by atoms with Crippen LogP contribution in [0.25, 0.3) is 0 Å². The van der Waals surface area contributed by atoms with Crippen molar-refractivity contribution in [2.45, 2.75) is 18.2 Å². The molecular weight excluding hydrogens is 286 g/mol. The quantitative estimate of drug-likeness (QED) is 0.944. The second-order valence-corrected chi connectivity index (χ2v) is 6.76. The van der Waals surface area contributed by atoms with Gasteiger partial charge in [-0.3, -0.25) is 4.79 Å². The molecule has 0 atom stereocenters. The first-order valence-corrected chi connectivity index (χ1v) is 8.50. The zero-order chi connectivity index (χ0) is 15.5. The number of anilines is 1. The van der Waals surface area contributed by atoms with Crippen LogP contribution in [-0.4, -0.2) is 20.6 Å². The van der Waals surface area contributed by atoms with Crippen LogP contribution in [0, 0.1) is 0 Å². The number of carbonyl (C=O) groups excluding carboxylic acids is 1. The molecule has 0 saturated heterocycles. The van der Waals surface area contributed by atoms with E-state index in [1.165, 1.54) is 17.7 Å². The highest BCUT2D eigenvalue weighted by atomic mass is 32.2. The second-order valence-electron chi connectivity index (χ2n) is 4.77. The highest BCUT2D eigenvalue weighted by Gasteiger charge is 2.18. The number of benzene rings is 2. The minimum absolute atomic E-state index is 0.0349. The van der Waals surface area contributed by atoms with E-state index in [-0.39, 0.29) is 10.5 Å². The second kappa shape index (κ2) is 6.10. The Bertz CT molecular complexity index is 749. The summed E-state index contributed by atoms with van der Waals surface area (Å²) in [6, 6.07) is 13.7. The highest BCUT2D eigenvalue weighted by molar-refractivity contribution is 7.90. The molecule has 2 rings (SSSR count). The van der Waals surface area contributed by atoms with Crippen LogP contribution in [-0.2, 0) is 16.3 Å². The third-order valence-electron chi connectivity index (χ3n) is 3.15. The van der Waals surface area contributed by atoms with Gasteiger partial charge in [-0.05, 0) is 36.2 Å². The summed E-state index contributed by atoms with van der Waals surface area (Å²) in [5.74, 6) is -0.430. The van der Waals surface area contributed by atoms with Gasteiger partial charge in [-0.1, -0.05) is 31.2 Å². The van der Waals surface area contributed by atoms with Crippen LogP contribution in [0.2, 0.25) is 0 Å².